The molecule has 0 aliphatic heterocycles. The van der Waals surface area contributed by atoms with Crippen LogP contribution in [-0.4, -0.2) is 5.11 Å². The minimum Gasteiger partial charge on any atom is -0.388 e. The van der Waals surface area contributed by atoms with Crippen LogP contribution < -0.4 is 0 Å². The van der Waals surface area contributed by atoms with Crippen LogP contribution in [0.2, 0.25) is 0 Å². The van der Waals surface area contributed by atoms with Gasteiger partial charge >= 0.3 is 0 Å². The maximum absolute atomic E-state index is 13.4. The van der Waals surface area contributed by atoms with Gasteiger partial charge in [-0.2, -0.15) is 0 Å². The monoisotopic (exact) mass is 252 g/mol. The van der Waals surface area contributed by atoms with Gasteiger partial charge in [0.15, 0.2) is 0 Å². The Morgan fingerprint density at radius 1 is 0.944 bits per heavy atom. The summed E-state index contributed by atoms with van der Waals surface area (Å²) in [5.74, 6) is -1.78. The van der Waals surface area contributed by atoms with E-state index in [0.717, 1.165) is 18.2 Å². The molecule has 1 unspecified atom stereocenters. The van der Waals surface area contributed by atoms with Gasteiger partial charge in [0.2, 0.25) is 0 Å². The third-order valence-electron chi connectivity index (χ3n) is 2.69. The van der Waals surface area contributed by atoms with Crippen LogP contribution in [0.5, 0.6) is 0 Å². The molecule has 4 heteroatoms. The average molecular weight is 252 g/mol. The van der Waals surface area contributed by atoms with Crippen molar-refractivity contribution in [1.82, 2.24) is 0 Å². The Labute approximate surface area is 103 Å². The van der Waals surface area contributed by atoms with Crippen molar-refractivity contribution in [3.05, 3.63) is 71.0 Å². The van der Waals surface area contributed by atoms with Gasteiger partial charge in [0.25, 0.3) is 0 Å². The molecule has 0 fully saturated rings. The third-order valence-corrected chi connectivity index (χ3v) is 2.69. The molecule has 1 nitrogen and oxygen atoms in total. The number of rotatable bonds is 3. The summed E-state index contributed by atoms with van der Waals surface area (Å²) < 4.78 is 39.7. The van der Waals surface area contributed by atoms with Gasteiger partial charge in [-0.25, -0.2) is 13.2 Å². The lowest BCUT2D eigenvalue weighted by molar-refractivity contribution is 0.172. The maximum atomic E-state index is 13.4. The smallest absolute Gasteiger partial charge is 0.129 e. The molecule has 94 valence electrons. The molecule has 2 aromatic carbocycles. The summed E-state index contributed by atoms with van der Waals surface area (Å²) in [5.41, 5.74) is 0.0897. The molecule has 0 radical (unpaired) electrons. The molecule has 0 aliphatic carbocycles. The van der Waals surface area contributed by atoms with Crippen LogP contribution in [-0.2, 0) is 6.42 Å². The molecular weight excluding hydrogens is 241 g/mol. The van der Waals surface area contributed by atoms with Crippen LogP contribution in [0.3, 0.4) is 0 Å². The van der Waals surface area contributed by atoms with Crippen molar-refractivity contribution in [2.75, 3.05) is 0 Å². The molecule has 0 aromatic heterocycles. The number of aliphatic hydroxyl groups excluding tert-OH is 1. The molecule has 0 saturated heterocycles. The van der Waals surface area contributed by atoms with E-state index in [-0.39, 0.29) is 17.5 Å². The molecule has 1 atom stereocenters. The molecule has 18 heavy (non-hydrogen) atoms. The van der Waals surface area contributed by atoms with E-state index in [4.69, 9.17) is 0 Å². The van der Waals surface area contributed by atoms with Crippen LogP contribution in [0.4, 0.5) is 13.2 Å². The fourth-order valence-corrected chi connectivity index (χ4v) is 1.76. The maximum Gasteiger partial charge on any atom is 0.129 e. The Hall–Kier alpha value is -1.81. The van der Waals surface area contributed by atoms with E-state index in [0.29, 0.717) is 0 Å². The van der Waals surface area contributed by atoms with E-state index in [1.54, 1.807) is 6.07 Å². The summed E-state index contributed by atoms with van der Waals surface area (Å²) in [7, 11) is 0. The first-order valence-electron chi connectivity index (χ1n) is 5.44. The van der Waals surface area contributed by atoms with Crippen LogP contribution in [0, 0.1) is 17.5 Å². The van der Waals surface area contributed by atoms with Gasteiger partial charge in [0.05, 0.1) is 6.10 Å². The molecular formula is C14H11F3O. The predicted octanol–water partition coefficient (Wildman–Crippen LogP) is 3.38. The Balaban J connectivity index is 2.24. The zero-order valence-corrected chi connectivity index (χ0v) is 9.41. The van der Waals surface area contributed by atoms with E-state index >= 15 is 0 Å². The highest BCUT2D eigenvalue weighted by Crippen LogP contribution is 2.22. The summed E-state index contributed by atoms with van der Waals surface area (Å²) in [6.45, 7) is 0. The van der Waals surface area contributed by atoms with E-state index < -0.39 is 23.6 Å². The minimum atomic E-state index is -1.21. The molecule has 0 bridgehead atoms. The lowest BCUT2D eigenvalue weighted by Gasteiger charge is -2.12. The number of hydrogen-bond donors (Lipinski definition) is 1. The molecule has 0 aliphatic rings. The first-order valence-corrected chi connectivity index (χ1v) is 5.44. The van der Waals surface area contributed by atoms with Crippen molar-refractivity contribution in [2.24, 2.45) is 0 Å². The molecule has 0 saturated carbocycles. The van der Waals surface area contributed by atoms with E-state index in [1.165, 1.54) is 18.2 Å². The van der Waals surface area contributed by atoms with Crippen molar-refractivity contribution in [3.8, 4) is 0 Å². The van der Waals surface area contributed by atoms with Gasteiger partial charge in [-0.1, -0.05) is 18.2 Å². The highest BCUT2D eigenvalue weighted by molar-refractivity contribution is 5.25. The van der Waals surface area contributed by atoms with Crippen molar-refractivity contribution in [2.45, 2.75) is 12.5 Å². The van der Waals surface area contributed by atoms with Crippen molar-refractivity contribution in [3.63, 3.8) is 0 Å². The van der Waals surface area contributed by atoms with Crippen molar-refractivity contribution < 1.29 is 18.3 Å². The second-order valence-corrected chi connectivity index (χ2v) is 3.98. The molecule has 0 amide bonds. The fraction of sp³-hybridized carbons (Fsp3) is 0.143. The SMILES string of the molecule is OC(Cc1cc(F)ccc1F)c1ccccc1F. The lowest BCUT2D eigenvalue weighted by atomic mass is 10.0. The van der Waals surface area contributed by atoms with Crippen molar-refractivity contribution >= 4 is 0 Å². The largest absolute Gasteiger partial charge is 0.388 e. The summed E-state index contributed by atoms with van der Waals surface area (Å²) in [6.07, 6.45) is -1.38. The number of benzene rings is 2. The molecule has 0 spiro atoms. The summed E-state index contributed by atoms with van der Waals surface area (Å²) in [5, 5.41) is 9.84. The van der Waals surface area contributed by atoms with Crippen LogP contribution in [0.1, 0.15) is 17.2 Å². The zero-order chi connectivity index (χ0) is 13.1. The quantitative estimate of drug-likeness (QED) is 0.887. The second kappa shape index (κ2) is 5.23. The lowest BCUT2D eigenvalue weighted by Crippen LogP contribution is -2.06. The molecule has 2 aromatic rings. The number of aliphatic hydroxyl groups is 1. The van der Waals surface area contributed by atoms with Gasteiger partial charge in [0, 0.05) is 12.0 Å². The van der Waals surface area contributed by atoms with Gasteiger partial charge in [-0.15, -0.1) is 0 Å². The second-order valence-electron chi connectivity index (χ2n) is 3.98. The zero-order valence-electron chi connectivity index (χ0n) is 9.41. The van der Waals surface area contributed by atoms with Gasteiger partial charge in [0.1, 0.15) is 17.5 Å². The molecule has 1 N–H and O–H groups in total. The van der Waals surface area contributed by atoms with Crippen molar-refractivity contribution in [1.29, 1.82) is 0 Å². The fourth-order valence-electron chi connectivity index (χ4n) is 1.76. The molecule has 0 heterocycles. The normalized spacial score (nSPS) is 12.4. The number of halogens is 3. The Morgan fingerprint density at radius 3 is 2.39 bits per heavy atom. The van der Waals surface area contributed by atoms with Crippen LogP contribution >= 0.6 is 0 Å². The van der Waals surface area contributed by atoms with Gasteiger partial charge in [-0.05, 0) is 29.8 Å². The molecule has 2 rings (SSSR count). The van der Waals surface area contributed by atoms with E-state index in [1.807, 2.05) is 0 Å². The van der Waals surface area contributed by atoms with E-state index in [2.05, 4.69) is 0 Å². The minimum absolute atomic E-state index is 0.0192. The van der Waals surface area contributed by atoms with Gasteiger partial charge in [-0.3, -0.25) is 0 Å². The Morgan fingerprint density at radius 2 is 1.67 bits per heavy atom. The highest BCUT2D eigenvalue weighted by atomic mass is 19.1. The first-order chi connectivity index (χ1) is 8.58. The summed E-state index contributed by atoms with van der Waals surface area (Å²) >= 11 is 0. The number of hydrogen-bond acceptors (Lipinski definition) is 1. The summed E-state index contributed by atoms with van der Waals surface area (Å²) in [6, 6.07) is 8.67. The van der Waals surface area contributed by atoms with E-state index in [9.17, 15) is 18.3 Å². The van der Waals surface area contributed by atoms with Gasteiger partial charge < -0.3 is 5.11 Å². The average Bonchev–Trinajstić information content (AvgIpc) is 2.34. The Bertz CT molecular complexity index is 554. The Kier molecular flexibility index (Phi) is 3.67. The first kappa shape index (κ1) is 12.6. The van der Waals surface area contributed by atoms with Crippen LogP contribution in [0.25, 0.3) is 0 Å². The standard InChI is InChI=1S/C14H11F3O/c15-10-5-6-12(16)9(7-10)8-14(18)11-3-1-2-4-13(11)17/h1-7,14,18H,8H2. The highest BCUT2D eigenvalue weighted by Gasteiger charge is 2.15. The van der Waals surface area contributed by atoms with Crippen LogP contribution in [0.15, 0.2) is 42.5 Å². The summed E-state index contributed by atoms with van der Waals surface area (Å²) in [4.78, 5) is 0. The third kappa shape index (κ3) is 2.71. The topological polar surface area (TPSA) is 20.2 Å². The predicted molar refractivity (Wildman–Crippen MR) is 61.4 cm³/mol.